The lowest BCUT2D eigenvalue weighted by molar-refractivity contribution is 0.0697. The number of carboxylic acids is 1. The number of pyridine rings is 1. The molecule has 1 aliphatic rings. The molecule has 0 unspecified atom stereocenters. The number of aromatic carboxylic acids is 1. The van der Waals surface area contributed by atoms with E-state index >= 15 is 0 Å². The smallest absolute Gasteiger partial charge is 0.339 e. The predicted molar refractivity (Wildman–Crippen MR) is 79.3 cm³/mol. The Morgan fingerprint density at radius 2 is 2.20 bits per heavy atom. The summed E-state index contributed by atoms with van der Waals surface area (Å²) in [4.78, 5) is 17.6. The number of nitrogens with one attached hydrogen (secondary N) is 1. The molecular formula is C15H23N3O2. The Kier molecular flexibility index (Phi) is 4.95. The van der Waals surface area contributed by atoms with Crippen LogP contribution in [-0.2, 0) is 0 Å². The van der Waals surface area contributed by atoms with E-state index < -0.39 is 5.97 Å². The van der Waals surface area contributed by atoms with Gasteiger partial charge in [-0.1, -0.05) is 12.8 Å². The van der Waals surface area contributed by atoms with Crippen LogP contribution in [0, 0.1) is 6.92 Å². The number of carbonyl (C=O) groups is 1. The molecule has 20 heavy (non-hydrogen) atoms. The summed E-state index contributed by atoms with van der Waals surface area (Å²) in [5.41, 5.74) is 1.71. The van der Waals surface area contributed by atoms with Crippen molar-refractivity contribution in [3.05, 3.63) is 23.5 Å². The van der Waals surface area contributed by atoms with E-state index in [9.17, 15) is 4.79 Å². The molecule has 0 atom stereocenters. The quantitative estimate of drug-likeness (QED) is 0.835. The van der Waals surface area contributed by atoms with Crippen LogP contribution in [0.2, 0.25) is 0 Å². The molecule has 1 aromatic heterocycles. The first-order valence-corrected chi connectivity index (χ1v) is 7.22. The van der Waals surface area contributed by atoms with Crippen molar-refractivity contribution in [2.24, 2.45) is 0 Å². The van der Waals surface area contributed by atoms with Crippen molar-refractivity contribution in [3.8, 4) is 0 Å². The zero-order valence-corrected chi connectivity index (χ0v) is 12.2. The third-order valence-corrected chi connectivity index (χ3v) is 4.00. The Hall–Kier alpha value is -1.62. The molecule has 0 saturated heterocycles. The van der Waals surface area contributed by atoms with Gasteiger partial charge in [0.05, 0.1) is 5.69 Å². The second kappa shape index (κ2) is 6.70. The van der Waals surface area contributed by atoms with Gasteiger partial charge in [0.25, 0.3) is 0 Å². The topological polar surface area (TPSA) is 65.5 Å². The summed E-state index contributed by atoms with van der Waals surface area (Å²) in [6.45, 7) is 3.53. The van der Waals surface area contributed by atoms with Gasteiger partial charge in [-0.25, -0.2) is 4.79 Å². The van der Waals surface area contributed by atoms with E-state index in [0.29, 0.717) is 11.7 Å². The van der Waals surface area contributed by atoms with Crippen LogP contribution in [0.3, 0.4) is 0 Å². The maximum absolute atomic E-state index is 11.1. The van der Waals surface area contributed by atoms with Gasteiger partial charge in [0.15, 0.2) is 0 Å². The van der Waals surface area contributed by atoms with Crippen molar-refractivity contribution in [1.29, 1.82) is 0 Å². The summed E-state index contributed by atoms with van der Waals surface area (Å²) in [5.74, 6) is -0.941. The van der Waals surface area contributed by atoms with Gasteiger partial charge in [0, 0.05) is 31.0 Å². The Morgan fingerprint density at radius 3 is 2.85 bits per heavy atom. The van der Waals surface area contributed by atoms with Gasteiger partial charge >= 0.3 is 5.97 Å². The zero-order chi connectivity index (χ0) is 14.5. The number of likely N-dealkylation sites (N-methyl/N-ethyl adjacent to an activating group) is 1. The summed E-state index contributed by atoms with van der Waals surface area (Å²) < 4.78 is 0. The molecule has 1 saturated carbocycles. The molecule has 1 fully saturated rings. The number of carboxylic acid groups (broad SMARTS) is 1. The van der Waals surface area contributed by atoms with Crippen LogP contribution in [0.15, 0.2) is 12.3 Å². The fourth-order valence-electron chi connectivity index (χ4n) is 2.77. The highest BCUT2D eigenvalue weighted by Gasteiger charge is 2.19. The van der Waals surface area contributed by atoms with E-state index in [1.165, 1.54) is 31.9 Å². The molecule has 0 aromatic carbocycles. The van der Waals surface area contributed by atoms with Crippen LogP contribution < -0.4 is 5.32 Å². The molecule has 0 aliphatic heterocycles. The molecule has 1 heterocycles. The van der Waals surface area contributed by atoms with Gasteiger partial charge in [-0.15, -0.1) is 0 Å². The molecule has 0 bridgehead atoms. The molecule has 1 aromatic rings. The second-order valence-electron chi connectivity index (χ2n) is 5.52. The molecule has 5 nitrogen and oxygen atoms in total. The third kappa shape index (κ3) is 3.70. The van der Waals surface area contributed by atoms with E-state index in [1.807, 2.05) is 6.92 Å². The summed E-state index contributed by atoms with van der Waals surface area (Å²) in [5, 5.41) is 12.4. The number of aryl methyl sites for hydroxylation is 1. The Morgan fingerprint density at radius 1 is 1.50 bits per heavy atom. The highest BCUT2D eigenvalue weighted by molar-refractivity contribution is 5.93. The number of aromatic nitrogens is 1. The molecule has 110 valence electrons. The predicted octanol–water partition coefficient (Wildman–Crippen LogP) is 2.37. The molecule has 2 rings (SSSR count). The second-order valence-corrected chi connectivity index (χ2v) is 5.52. The first-order chi connectivity index (χ1) is 9.58. The largest absolute Gasteiger partial charge is 0.478 e. The van der Waals surface area contributed by atoms with Crippen LogP contribution in [0.1, 0.15) is 41.7 Å². The first-order valence-electron chi connectivity index (χ1n) is 7.22. The fraction of sp³-hybridized carbons (Fsp3) is 0.600. The van der Waals surface area contributed by atoms with Crippen molar-refractivity contribution < 1.29 is 9.90 Å². The van der Waals surface area contributed by atoms with Crippen LogP contribution in [0.4, 0.5) is 5.69 Å². The standard InChI is InChI=1S/C15H23N3O2/c1-11-9-14(13(10-17-11)15(19)20)16-7-8-18(2)12-5-3-4-6-12/h9-10,12H,3-8H2,1-2H3,(H,16,17)(H,19,20). The van der Waals surface area contributed by atoms with Crippen molar-refractivity contribution in [2.45, 2.75) is 38.6 Å². The highest BCUT2D eigenvalue weighted by atomic mass is 16.4. The average Bonchev–Trinajstić information content (AvgIpc) is 2.92. The minimum atomic E-state index is -0.941. The zero-order valence-electron chi connectivity index (χ0n) is 12.2. The van der Waals surface area contributed by atoms with Crippen molar-refractivity contribution in [2.75, 3.05) is 25.5 Å². The number of anilines is 1. The summed E-state index contributed by atoms with van der Waals surface area (Å²) in [6.07, 6.45) is 6.64. The average molecular weight is 277 g/mol. The van der Waals surface area contributed by atoms with Gasteiger partial charge in [-0.2, -0.15) is 0 Å². The summed E-state index contributed by atoms with van der Waals surface area (Å²) in [6, 6.07) is 2.48. The van der Waals surface area contributed by atoms with Crippen LogP contribution >= 0.6 is 0 Å². The Balaban J connectivity index is 1.90. The van der Waals surface area contributed by atoms with Crippen molar-refractivity contribution in [1.82, 2.24) is 9.88 Å². The maximum Gasteiger partial charge on any atom is 0.339 e. The van der Waals surface area contributed by atoms with E-state index in [2.05, 4.69) is 22.2 Å². The third-order valence-electron chi connectivity index (χ3n) is 4.00. The van der Waals surface area contributed by atoms with E-state index in [-0.39, 0.29) is 5.56 Å². The van der Waals surface area contributed by atoms with E-state index in [0.717, 1.165) is 18.8 Å². The van der Waals surface area contributed by atoms with Gasteiger partial charge in [0.1, 0.15) is 5.56 Å². The molecule has 0 amide bonds. The van der Waals surface area contributed by atoms with Gasteiger partial charge in [-0.3, -0.25) is 4.98 Å². The van der Waals surface area contributed by atoms with Crippen LogP contribution in [-0.4, -0.2) is 47.1 Å². The maximum atomic E-state index is 11.1. The molecular weight excluding hydrogens is 254 g/mol. The monoisotopic (exact) mass is 277 g/mol. The van der Waals surface area contributed by atoms with Gasteiger partial charge in [-0.05, 0) is 32.9 Å². The Bertz CT molecular complexity index is 470. The van der Waals surface area contributed by atoms with Crippen LogP contribution in [0.25, 0.3) is 0 Å². The number of hydrogen-bond acceptors (Lipinski definition) is 4. The van der Waals surface area contributed by atoms with Gasteiger partial charge in [0.2, 0.25) is 0 Å². The number of hydrogen-bond donors (Lipinski definition) is 2. The molecule has 2 N–H and O–H groups in total. The lowest BCUT2D eigenvalue weighted by atomic mass is 10.2. The molecule has 1 aliphatic carbocycles. The van der Waals surface area contributed by atoms with Crippen molar-refractivity contribution >= 4 is 11.7 Å². The highest BCUT2D eigenvalue weighted by Crippen LogP contribution is 2.22. The minimum Gasteiger partial charge on any atom is -0.478 e. The van der Waals surface area contributed by atoms with E-state index in [4.69, 9.17) is 5.11 Å². The molecule has 0 radical (unpaired) electrons. The van der Waals surface area contributed by atoms with Crippen molar-refractivity contribution in [3.63, 3.8) is 0 Å². The first kappa shape index (κ1) is 14.8. The summed E-state index contributed by atoms with van der Waals surface area (Å²) in [7, 11) is 2.15. The molecule has 0 spiro atoms. The summed E-state index contributed by atoms with van der Waals surface area (Å²) >= 11 is 0. The SMILES string of the molecule is Cc1cc(NCCN(C)C2CCCC2)c(C(=O)O)cn1. The molecule has 5 heteroatoms. The van der Waals surface area contributed by atoms with Gasteiger partial charge < -0.3 is 15.3 Å². The van der Waals surface area contributed by atoms with E-state index in [1.54, 1.807) is 6.07 Å². The fourth-order valence-corrected chi connectivity index (χ4v) is 2.77. The number of rotatable bonds is 6. The minimum absolute atomic E-state index is 0.235. The normalized spacial score (nSPS) is 15.8. The lowest BCUT2D eigenvalue weighted by Gasteiger charge is -2.24. The van der Waals surface area contributed by atoms with Crippen LogP contribution in [0.5, 0.6) is 0 Å². The number of nitrogens with zero attached hydrogens (tertiary/aromatic N) is 2. The lowest BCUT2D eigenvalue weighted by Crippen LogP contribution is -2.33. The Labute approximate surface area is 120 Å².